The molecule has 3 aromatic rings. The molecule has 7 nitrogen and oxygen atoms in total. The minimum Gasteiger partial charge on any atom is -0.354 e. The molecule has 0 radical (unpaired) electrons. The molecule has 160 valence electrons. The van der Waals surface area contributed by atoms with Crippen LogP contribution in [-0.2, 0) is 6.54 Å². The van der Waals surface area contributed by atoms with Crippen molar-refractivity contribution in [2.45, 2.75) is 25.4 Å². The van der Waals surface area contributed by atoms with E-state index in [1.165, 1.54) is 42.7 Å². The molecule has 0 bridgehead atoms. The molecule has 1 atom stereocenters. The number of hydrogen-bond acceptors (Lipinski definition) is 5. The van der Waals surface area contributed by atoms with Crippen LogP contribution in [0.4, 0.5) is 0 Å². The second-order valence-corrected chi connectivity index (χ2v) is 8.07. The van der Waals surface area contributed by atoms with Gasteiger partial charge in [0.2, 0.25) is 0 Å². The molecule has 3 heterocycles. The third-order valence-corrected chi connectivity index (χ3v) is 6.19. The summed E-state index contributed by atoms with van der Waals surface area (Å²) < 4.78 is 1.75. The summed E-state index contributed by atoms with van der Waals surface area (Å²) in [6.07, 6.45) is 5.82. The Labute approximate surface area is 198 Å². The summed E-state index contributed by atoms with van der Waals surface area (Å²) in [6.45, 7) is 3.92. The summed E-state index contributed by atoms with van der Waals surface area (Å²) >= 11 is 1.83. The van der Waals surface area contributed by atoms with Gasteiger partial charge in [0.15, 0.2) is 5.96 Å². The molecule has 0 spiro atoms. The lowest BCUT2D eigenvalue weighted by molar-refractivity contribution is 0.249. The van der Waals surface area contributed by atoms with E-state index in [1.807, 2.05) is 30.5 Å². The van der Waals surface area contributed by atoms with Gasteiger partial charge in [-0.3, -0.25) is 9.89 Å². The highest BCUT2D eigenvalue weighted by atomic mass is 127. The fourth-order valence-electron chi connectivity index (χ4n) is 3.65. The monoisotopic (exact) mass is 537 g/mol. The number of benzene rings is 1. The van der Waals surface area contributed by atoms with Gasteiger partial charge in [-0.25, -0.2) is 9.67 Å². The Hall–Kier alpha value is -1.98. The van der Waals surface area contributed by atoms with Crippen LogP contribution in [0.2, 0.25) is 0 Å². The smallest absolute Gasteiger partial charge is 0.191 e. The number of hydrogen-bond donors (Lipinski definition) is 2. The zero-order valence-corrected chi connectivity index (χ0v) is 20.2. The van der Waals surface area contributed by atoms with Crippen molar-refractivity contribution in [3.05, 3.63) is 64.9 Å². The number of halogens is 1. The van der Waals surface area contributed by atoms with Crippen LogP contribution in [0.15, 0.2) is 59.4 Å². The molecule has 1 aliphatic rings. The van der Waals surface area contributed by atoms with Crippen LogP contribution in [0.5, 0.6) is 0 Å². The van der Waals surface area contributed by atoms with Gasteiger partial charge in [0, 0.05) is 25.0 Å². The van der Waals surface area contributed by atoms with Gasteiger partial charge in [-0.1, -0.05) is 18.2 Å². The quantitative estimate of drug-likeness (QED) is 0.275. The van der Waals surface area contributed by atoms with Gasteiger partial charge in [0.25, 0.3) is 0 Å². The number of nitrogens with one attached hydrogen (secondary N) is 2. The van der Waals surface area contributed by atoms with E-state index in [0.717, 1.165) is 18.2 Å². The van der Waals surface area contributed by atoms with Crippen LogP contribution in [0.1, 0.15) is 29.3 Å². The minimum absolute atomic E-state index is 0. The van der Waals surface area contributed by atoms with Crippen molar-refractivity contribution >= 4 is 41.3 Å². The lowest BCUT2D eigenvalue weighted by Crippen LogP contribution is -2.42. The van der Waals surface area contributed by atoms with Crippen molar-refractivity contribution in [3.63, 3.8) is 0 Å². The van der Waals surface area contributed by atoms with Crippen molar-refractivity contribution in [2.75, 3.05) is 26.7 Å². The Kier molecular flexibility index (Phi) is 8.64. The summed E-state index contributed by atoms with van der Waals surface area (Å²) in [5.41, 5.74) is 2.18. The molecule has 0 saturated carbocycles. The van der Waals surface area contributed by atoms with Crippen LogP contribution in [0, 0.1) is 0 Å². The van der Waals surface area contributed by atoms with Crippen molar-refractivity contribution in [3.8, 4) is 5.69 Å². The van der Waals surface area contributed by atoms with Gasteiger partial charge in [-0.15, -0.1) is 35.3 Å². The second kappa shape index (κ2) is 11.4. The van der Waals surface area contributed by atoms with Crippen molar-refractivity contribution < 1.29 is 0 Å². The predicted octanol–water partition coefficient (Wildman–Crippen LogP) is 3.45. The number of likely N-dealkylation sites (tertiary alicyclic amines) is 1. The highest BCUT2D eigenvalue weighted by molar-refractivity contribution is 14.0. The summed E-state index contributed by atoms with van der Waals surface area (Å²) in [5.74, 6) is 0.825. The van der Waals surface area contributed by atoms with E-state index in [4.69, 9.17) is 0 Å². The Bertz CT molecular complexity index is 888. The van der Waals surface area contributed by atoms with E-state index >= 15 is 0 Å². The molecule has 30 heavy (non-hydrogen) atoms. The van der Waals surface area contributed by atoms with E-state index in [1.54, 1.807) is 11.0 Å². The summed E-state index contributed by atoms with van der Waals surface area (Å²) in [5, 5.41) is 13.3. The molecular formula is C21H28IN7S. The van der Waals surface area contributed by atoms with Crippen molar-refractivity contribution in [1.82, 2.24) is 30.3 Å². The van der Waals surface area contributed by atoms with Gasteiger partial charge in [-0.05, 0) is 55.1 Å². The lowest BCUT2D eigenvalue weighted by atomic mass is 10.2. The molecule has 4 rings (SSSR count). The molecule has 1 aromatic carbocycles. The second-order valence-electron chi connectivity index (χ2n) is 7.09. The average molecular weight is 537 g/mol. The van der Waals surface area contributed by atoms with Gasteiger partial charge < -0.3 is 10.6 Å². The first-order valence-corrected chi connectivity index (χ1v) is 10.9. The molecule has 2 N–H and O–H groups in total. The standard InChI is InChI=1S/C21H27N7S.HI/c1-22-21(24-13-17-6-8-18(9-7-17)28-16-23-15-26-28)25-14-19(20-5-4-12-29-20)27-10-2-3-11-27;/h4-9,12,15-16,19H,2-3,10-11,13-14H2,1H3,(H2,22,24,25);1H. The summed E-state index contributed by atoms with van der Waals surface area (Å²) in [4.78, 5) is 12.4. The normalized spacial score (nSPS) is 15.6. The highest BCUT2D eigenvalue weighted by Gasteiger charge is 2.24. The Morgan fingerprint density at radius 1 is 1.17 bits per heavy atom. The fourth-order valence-corrected chi connectivity index (χ4v) is 4.51. The minimum atomic E-state index is 0. The third-order valence-electron chi connectivity index (χ3n) is 5.22. The van der Waals surface area contributed by atoms with Gasteiger partial charge in [0.1, 0.15) is 12.7 Å². The first kappa shape index (κ1) is 22.7. The fraction of sp³-hybridized carbons (Fsp3) is 0.381. The van der Waals surface area contributed by atoms with Gasteiger partial charge in [0.05, 0.1) is 11.7 Å². The zero-order chi connectivity index (χ0) is 19.9. The van der Waals surface area contributed by atoms with E-state index in [2.05, 4.69) is 60.3 Å². The Balaban J connectivity index is 0.00000256. The molecule has 1 aliphatic heterocycles. The predicted molar refractivity (Wildman–Crippen MR) is 133 cm³/mol. The maximum atomic E-state index is 4.40. The highest BCUT2D eigenvalue weighted by Crippen LogP contribution is 2.27. The SMILES string of the molecule is CN=C(NCc1ccc(-n2cncn2)cc1)NCC(c1cccs1)N1CCCC1.I. The summed E-state index contributed by atoms with van der Waals surface area (Å²) in [6, 6.07) is 13.1. The van der Waals surface area contributed by atoms with E-state index in [0.29, 0.717) is 12.6 Å². The number of aromatic nitrogens is 3. The average Bonchev–Trinajstić information content (AvgIpc) is 3.54. The maximum absolute atomic E-state index is 4.40. The van der Waals surface area contributed by atoms with E-state index < -0.39 is 0 Å². The van der Waals surface area contributed by atoms with Crippen LogP contribution in [-0.4, -0.2) is 52.3 Å². The van der Waals surface area contributed by atoms with Crippen LogP contribution >= 0.6 is 35.3 Å². The Morgan fingerprint density at radius 3 is 2.60 bits per heavy atom. The molecule has 2 aromatic heterocycles. The number of rotatable bonds is 7. The van der Waals surface area contributed by atoms with Crippen LogP contribution in [0.3, 0.4) is 0 Å². The topological polar surface area (TPSA) is 70.4 Å². The van der Waals surface area contributed by atoms with Crippen molar-refractivity contribution in [1.29, 1.82) is 0 Å². The molecule has 1 fully saturated rings. The third kappa shape index (κ3) is 5.79. The number of thiophene rings is 1. The number of guanidine groups is 1. The first-order valence-electron chi connectivity index (χ1n) is 9.99. The van der Waals surface area contributed by atoms with E-state index in [-0.39, 0.29) is 24.0 Å². The maximum Gasteiger partial charge on any atom is 0.191 e. The zero-order valence-electron chi connectivity index (χ0n) is 17.1. The van der Waals surface area contributed by atoms with Crippen LogP contribution in [0.25, 0.3) is 5.69 Å². The Morgan fingerprint density at radius 2 is 1.97 bits per heavy atom. The van der Waals surface area contributed by atoms with Gasteiger partial charge in [-0.2, -0.15) is 5.10 Å². The molecule has 1 saturated heterocycles. The number of nitrogens with zero attached hydrogens (tertiary/aromatic N) is 5. The number of aliphatic imine (C=N–C) groups is 1. The summed E-state index contributed by atoms with van der Waals surface area (Å²) in [7, 11) is 1.82. The van der Waals surface area contributed by atoms with E-state index in [9.17, 15) is 0 Å². The van der Waals surface area contributed by atoms with Crippen molar-refractivity contribution in [2.24, 2.45) is 4.99 Å². The molecule has 0 aliphatic carbocycles. The molecule has 0 amide bonds. The molecular weight excluding hydrogens is 509 g/mol. The lowest BCUT2D eigenvalue weighted by Gasteiger charge is -2.27. The largest absolute Gasteiger partial charge is 0.354 e. The van der Waals surface area contributed by atoms with Gasteiger partial charge >= 0.3 is 0 Å². The molecule has 1 unspecified atom stereocenters. The first-order chi connectivity index (χ1) is 14.3. The molecule has 9 heteroatoms. The van der Waals surface area contributed by atoms with Crippen LogP contribution < -0.4 is 10.6 Å².